The lowest BCUT2D eigenvalue weighted by Gasteiger charge is -2.14. The van der Waals surface area contributed by atoms with Gasteiger partial charge in [0.1, 0.15) is 11.9 Å². The summed E-state index contributed by atoms with van der Waals surface area (Å²) in [4.78, 5) is 27.9. The smallest absolute Gasteiger partial charge is 0.222 e. The number of nitrogens with zero attached hydrogens (tertiary/aromatic N) is 4. The van der Waals surface area contributed by atoms with Gasteiger partial charge in [0.2, 0.25) is 14.2 Å². The quantitative estimate of drug-likeness (QED) is 0.498. The van der Waals surface area contributed by atoms with Gasteiger partial charge in [-0.25, -0.2) is 0 Å². The average molecular weight is 494 g/mol. The molecule has 2 heterocycles. The van der Waals surface area contributed by atoms with Crippen LogP contribution in [0.3, 0.4) is 0 Å². The van der Waals surface area contributed by atoms with Gasteiger partial charge in [-0.3, -0.25) is 14.4 Å². The number of hydrogen-bond acceptors (Lipinski definition) is 5. The minimum Gasteiger partial charge on any atom is -0.428 e. The van der Waals surface area contributed by atoms with Gasteiger partial charge in [0, 0.05) is 22.7 Å². The van der Waals surface area contributed by atoms with Gasteiger partial charge in [0.05, 0.1) is 17.8 Å². The number of amides is 1. The fraction of sp³-hybridized carbons (Fsp3) is 0.280. The van der Waals surface area contributed by atoms with Gasteiger partial charge >= 0.3 is 0 Å². The lowest BCUT2D eigenvalue weighted by atomic mass is 9.98. The zero-order valence-electron chi connectivity index (χ0n) is 19.7. The predicted octanol–water partition coefficient (Wildman–Crippen LogP) is 4.40. The van der Waals surface area contributed by atoms with E-state index in [4.69, 9.17) is 16.6 Å². The van der Waals surface area contributed by atoms with Crippen molar-refractivity contribution in [1.82, 2.24) is 20.1 Å². The SMILES string of the molecule is CCNC(=O)C[C@@H]1N=C(c2ccc(Cl)cc2)c2cc(C=C[Si](C)(C)O)ccc2-n2c(C)nnc21. The molecule has 9 heteroatoms. The van der Waals surface area contributed by atoms with E-state index in [9.17, 15) is 9.59 Å². The van der Waals surface area contributed by atoms with Crippen molar-refractivity contribution in [3.8, 4) is 5.69 Å². The van der Waals surface area contributed by atoms with Crippen molar-refractivity contribution >= 4 is 37.6 Å². The number of aryl methyl sites for hydroxylation is 1. The zero-order valence-corrected chi connectivity index (χ0v) is 21.5. The fourth-order valence-corrected chi connectivity index (χ4v) is 4.66. The highest BCUT2D eigenvalue weighted by atomic mass is 35.5. The molecule has 0 saturated heterocycles. The molecule has 1 aromatic heterocycles. The first-order valence-electron chi connectivity index (χ1n) is 11.2. The number of carbonyl (C=O) groups excluding carboxylic acids is 1. The molecule has 0 radical (unpaired) electrons. The van der Waals surface area contributed by atoms with Crippen LogP contribution in [-0.2, 0) is 4.79 Å². The number of nitrogens with one attached hydrogen (secondary N) is 1. The molecule has 2 aromatic carbocycles. The number of fused-ring (bicyclic) bond motifs is 3. The van der Waals surface area contributed by atoms with E-state index in [0.717, 1.165) is 33.9 Å². The number of halogens is 1. The fourth-order valence-electron chi connectivity index (χ4n) is 3.94. The maximum absolute atomic E-state index is 12.5. The van der Waals surface area contributed by atoms with E-state index >= 15 is 0 Å². The summed E-state index contributed by atoms with van der Waals surface area (Å²) >= 11 is 6.16. The molecule has 1 aliphatic heterocycles. The van der Waals surface area contributed by atoms with E-state index in [1.165, 1.54) is 0 Å². The summed E-state index contributed by atoms with van der Waals surface area (Å²) < 4.78 is 1.98. The van der Waals surface area contributed by atoms with Crippen LogP contribution in [0.25, 0.3) is 11.8 Å². The van der Waals surface area contributed by atoms with Crippen molar-refractivity contribution in [3.05, 3.63) is 81.5 Å². The number of hydrogen-bond donors (Lipinski definition) is 2. The topological polar surface area (TPSA) is 92.4 Å². The lowest BCUT2D eigenvalue weighted by Crippen LogP contribution is -2.25. The minimum absolute atomic E-state index is 0.0939. The molecular formula is C25H28ClN5O2Si. The van der Waals surface area contributed by atoms with Crippen LogP contribution in [0.2, 0.25) is 18.1 Å². The molecule has 0 fully saturated rings. The monoisotopic (exact) mass is 493 g/mol. The largest absolute Gasteiger partial charge is 0.428 e. The second-order valence-electron chi connectivity index (χ2n) is 8.86. The summed E-state index contributed by atoms with van der Waals surface area (Å²) in [5.41, 5.74) is 6.26. The summed E-state index contributed by atoms with van der Waals surface area (Å²) in [5.74, 6) is 1.25. The van der Waals surface area contributed by atoms with Crippen molar-refractivity contribution in [3.63, 3.8) is 0 Å². The Morgan fingerprint density at radius 2 is 1.94 bits per heavy atom. The summed E-state index contributed by atoms with van der Waals surface area (Å²) in [5, 5.41) is 12.2. The van der Waals surface area contributed by atoms with Crippen LogP contribution in [0.1, 0.15) is 47.7 Å². The molecule has 3 aromatic rings. The summed E-state index contributed by atoms with van der Waals surface area (Å²) in [7, 11) is -2.36. The molecule has 1 amide bonds. The molecule has 4 rings (SSSR count). The summed E-state index contributed by atoms with van der Waals surface area (Å²) in [6.07, 6.45) is 2.11. The Hall–Kier alpha value is -3.07. The summed E-state index contributed by atoms with van der Waals surface area (Å²) in [6, 6.07) is 13.1. The molecule has 0 bridgehead atoms. The Balaban J connectivity index is 1.94. The molecule has 0 aliphatic carbocycles. The van der Waals surface area contributed by atoms with Gasteiger partial charge in [0.15, 0.2) is 5.82 Å². The van der Waals surface area contributed by atoms with Crippen LogP contribution >= 0.6 is 11.6 Å². The Morgan fingerprint density at radius 1 is 1.21 bits per heavy atom. The van der Waals surface area contributed by atoms with Crippen LogP contribution < -0.4 is 5.32 Å². The minimum atomic E-state index is -2.36. The number of carbonyl (C=O) groups is 1. The van der Waals surface area contributed by atoms with E-state index < -0.39 is 14.4 Å². The second kappa shape index (κ2) is 9.66. The van der Waals surface area contributed by atoms with Crippen molar-refractivity contribution in [2.75, 3.05) is 6.54 Å². The number of benzene rings is 2. The van der Waals surface area contributed by atoms with Crippen molar-refractivity contribution in [2.24, 2.45) is 4.99 Å². The molecular weight excluding hydrogens is 466 g/mol. The molecule has 0 spiro atoms. The second-order valence-corrected chi connectivity index (χ2v) is 12.9. The third-order valence-electron chi connectivity index (χ3n) is 5.50. The van der Waals surface area contributed by atoms with Crippen LogP contribution in [0.5, 0.6) is 0 Å². The zero-order chi connectivity index (χ0) is 24.5. The number of rotatable bonds is 6. The van der Waals surface area contributed by atoms with E-state index in [0.29, 0.717) is 17.4 Å². The van der Waals surface area contributed by atoms with Gasteiger partial charge in [-0.05, 0) is 56.8 Å². The molecule has 1 atom stereocenters. The predicted molar refractivity (Wildman–Crippen MR) is 138 cm³/mol. The van der Waals surface area contributed by atoms with Gasteiger partial charge < -0.3 is 10.1 Å². The molecule has 2 N–H and O–H groups in total. The number of aromatic nitrogens is 3. The lowest BCUT2D eigenvalue weighted by molar-refractivity contribution is -0.121. The standard InChI is InChI=1S/C25H28ClN5O2Si/c1-5-27-23(32)15-21-25-30-29-16(2)31(25)22-11-6-17(12-13-34(3,4)33)14-20(22)24(28-21)18-7-9-19(26)10-8-18/h6-14,21,33H,5,15H2,1-4H3,(H,27,32)/t21-/m0/s1. The van der Waals surface area contributed by atoms with E-state index in [2.05, 4.69) is 21.6 Å². The first-order chi connectivity index (χ1) is 16.2. The van der Waals surface area contributed by atoms with E-state index in [1.54, 1.807) is 0 Å². The highest BCUT2D eigenvalue weighted by Gasteiger charge is 2.29. The maximum atomic E-state index is 12.5. The van der Waals surface area contributed by atoms with Crippen LogP contribution in [-0.4, -0.2) is 46.0 Å². The Labute approximate surface area is 205 Å². The van der Waals surface area contributed by atoms with E-state index in [1.807, 2.05) is 79.7 Å². The van der Waals surface area contributed by atoms with Gasteiger partial charge in [-0.15, -0.1) is 10.2 Å². The summed E-state index contributed by atoms with van der Waals surface area (Å²) in [6.45, 7) is 8.07. The Morgan fingerprint density at radius 3 is 2.62 bits per heavy atom. The molecule has 0 unspecified atom stereocenters. The average Bonchev–Trinajstić information content (AvgIpc) is 3.10. The van der Waals surface area contributed by atoms with Gasteiger partial charge in [-0.2, -0.15) is 0 Å². The van der Waals surface area contributed by atoms with Crippen LogP contribution in [0, 0.1) is 6.92 Å². The Bertz CT molecular complexity index is 1280. The molecule has 176 valence electrons. The van der Waals surface area contributed by atoms with E-state index in [-0.39, 0.29) is 12.3 Å². The van der Waals surface area contributed by atoms with Crippen molar-refractivity contribution < 1.29 is 9.59 Å². The highest BCUT2D eigenvalue weighted by Crippen LogP contribution is 2.33. The molecule has 1 aliphatic rings. The third-order valence-corrected chi connectivity index (χ3v) is 6.74. The molecule has 0 saturated carbocycles. The number of aliphatic imine (C=N–C) groups is 1. The van der Waals surface area contributed by atoms with Gasteiger partial charge in [0.25, 0.3) is 0 Å². The molecule has 7 nitrogen and oxygen atoms in total. The highest BCUT2D eigenvalue weighted by molar-refractivity contribution is 6.75. The normalized spacial score (nSPS) is 15.5. The van der Waals surface area contributed by atoms with Gasteiger partial charge in [-0.1, -0.05) is 41.6 Å². The first-order valence-corrected chi connectivity index (χ1v) is 14.7. The first kappa shape index (κ1) is 24.1. The van der Waals surface area contributed by atoms with Crippen LogP contribution in [0.15, 0.2) is 53.2 Å². The molecule has 34 heavy (non-hydrogen) atoms. The maximum Gasteiger partial charge on any atom is 0.222 e. The van der Waals surface area contributed by atoms with Crippen molar-refractivity contribution in [1.29, 1.82) is 0 Å². The Kier molecular flexibility index (Phi) is 6.83. The van der Waals surface area contributed by atoms with Crippen molar-refractivity contribution in [2.45, 2.75) is 39.4 Å². The van der Waals surface area contributed by atoms with Crippen LogP contribution in [0.4, 0.5) is 0 Å². The third kappa shape index (κ3) is 5.19.